The van der Waals surface area contributed by atoms with Crippen LogP contribution in [0.3, 0.4) is 0 Å². The Bertz CT molecular complexity index is 914. The van der Waals surface area contributed by atoms with Crippen molar-refractivity contribution in [2.75, 3.05) is 18.1 Å². The van der Waals surface area contributed by atoms with Gasteiger partial charge in [-0.05, 0) is 35.4 Å². The van der Waals surface area contributed by atoms with E-state index in [0.717, 1.165) is 17.0 Å². The van der Waals surface area contributed by atoms with Crippen molar-refractivity contribution in [3.8, 4) is 5.75 Å². The Morgan fingerprint density at radius 2 is 1.93 bits per heavy atom. The van der Waals surface area contributed by atoms with Crippen molar-refractivity contribution in [1.29, 1.82) is 0 Å². The van der Waals surface area contributed by atoms with E-state index in [1.165, 1.54) is 5.56 Å². The molecular formula is C23H24N2O2. The molecule has 1 atom stereocenters. The molecule has 27 heavy (non-hydrogen) atoms. The number of nitrogens with one attached hydrogen (secondary N) is 1. The minimum absolute atomic E-state index is 0.0513. The van der Waals surface area contributed by atoms with Gasteiger partial charge < -0.3 is 15.0 Å². The Morgan fingerprint density at radius 3 is 2.67 bits per heavy atom. The summed E-state index contributed by atoms with van der Waals surface area (Å²) in [6.07, 6.45) is 5.92. The smallest absolute Gasteiger partial charge is 0.241 e. The lowest BCUT2D eigenvalue weighted by Gasteiger charge is -2.40. The number of hydrogen-bond donors (Lipinski definition) is 1. The first-order valence-corrected chi connectivity index (χ1v) is 9.19. The Hall–Kier alpha value is -3.01. The van der Waals surface area contributed by atoms with E-state index in [0.29, 0.717) is 13.2 Å². The van der Waals surface area contributed by atoms with Crippen LogP contribution in [0.25, 0.3) is 6.08 Å². The highest BCUT2D eigenvalue weighted by Gasteiger charge is 2.59. The second-order valence-electron chi connectivity index (χ2n) is 7.54. The Morgan fingerprint density at radius 1 is 1.19 bits per heavy atom. The van der Waals surface area contributed by atoms with E-state index in [2.05, 4.69) is 61.0 Å². The highest BCUT2D eigenvalue weighted by atomic mass is 16.5. The summed E-state index contributed by atoms with van der Waals surface area (Å²) in [6, 6.07) is 16.3. The number of rotatable bonds is 5. The van der Waals surface area contributed by atoms with E-state index in [1.807, 2.05) is 30.3 Å². The van der Waals surface area contributed by atoms with Crippen molar-refractivity contribution >= 4 is 17.7 Å². The Balaban J connectivity index is 1.68. The van der Waals surface area contributed by atoms with E-state index >= 15 is 0 Å². The van der Waals surface area contributed by atoms with Crippen molar-refractivity contribution in [2.45, 2.75) is 24.9 Å². The zero-order chi connectivity index (χ0) is 19.1. The van der Waals surface area contributed by atoms with Gasteiger partial charge in [-0.3, -0.25) is 4.79 Å². The summed E-state index contributed by atoms with van der Waals surface area (Å²) in [5.41, 5.74) is 2.62. The number of para-hydroxylation sites is 1. The number of benzene rings is 2. The SMILES string of the molecule is C=CCOc1ccc(/C=C/C23NC(=O)CN2c2ccccc2C3(C)C)cc1. The van der Waals surface area contributed by atoms with E-state index in [-0.39, 0.29) is 11.3 Å². The number of anilines is 1. The summed E-state index contributed by atoms with van der Waals surface area (Å²) in [5, 5.41) is 3.24. The van der Waals surface area contributed by atoms with Gasteiger partial charge in [0.05, 0.1) is 6.54 Å². The van der Waals surface area contributed by atoms with Gasteiger partial charge in [0, 0.05) is 11.1 Å². The molecule has 1 amide bonds. The molecule has 2 aromatic carbocycles. The van der Waals surface area contributed by atoms with Crippen molar-refractivity contribution in [3.05, 3.63) is 78.4 Å². The average molecular weight is 360 g/mol. The lowest BCUT2D eigenvalue weighted by Crippen LogP contribution is -2.58. The quantitative estimate of drug-likeness (QED) is 0.823. The van der Waals surface area contributed by atoms with Crippen LogP contribution in [0.5, 0.6) is 5.75 Å². The van der Waals surface area contributed by atoms with Crippen molar-refractivity contribution in [1.82, 2.24) is 5.32 Å². The fourth-order valence-corrected chi connectivity index (χ4v) is 4.19. The zero-order valence-electron chi connectivity index (χ0n) is 15.7. The summed E-state index contributed by atoms with van der Waals surface area (Å²) in [4.78, 5) is 14.5. The van der Waals surface area contributed by atoms with Gasteiger partial charge in [0.15, 0.2) is 0 Å². The van der Waals surface area contributed by atoms with Gasteiger partial charge in [-0.1, -0.05) is 62.9 Å². The maximum atomic E-state index is 12.3. The van der Waals surface area contributed by atoms with Crippen LogP contribution in [0, 0.1) is 0 Å². The highest BCUT2D eigenvalue weighted by Crippen LogP contribution is 2.52. The van der Waals surface area contributed by atoms with Gasteiger partial charge in [-0.25, -0.2) is 0 Å². The third-order valence-corrected chi connectivity index (χ3v) is 5.64. The monoisotopic (exact) mass is 360 g/mol. The number of carbonyl (C=O) groups excluding carboxylic acids is 1. The molecule has 0 spiro atoms. The molecule has 0 radical (unpaired) electrons. The molecule has 0 aromatic heterocycles. The molecule has 4 rings (SSSR count). The summed E-state index contributed by atoms with van der Waals surface area (Å²) in [6.45, 7) is 8.90. The molecule has 0 saturated carbocycles. The van der Waals surface area contributed by atoms with Gasteiger partial charge in [-0.2, -0.15) is 0 Å². The van der Waals surface area contributed by atoms with Crippen LogP contribution in [0.2, 0.25) is 0 Å². The molecule has 1 N–H and O–H groups in total. The fourth-order valence-electron chi connectivity index (χ4n) is 4.19. The van der Waals surface area contributed by atoms with Crippen molar-refractivity contribution in [3.63, 3.8) is 0 Å². The minimum atomic E-state index is -0.564. The standard InChI is InChI=1S/C23H24N2O2/c1-4-15-27-18-11-9-17(10-12-18)13-14-23-22(2,3)19-7-5-6-8-20(19)25(23)16-21(26)24-23/h4-14H,1,15-16H2,2-3H3,(H,24,26)/b14-13+. The molecule has 0 aliphatic carbocycles. The van der Waals surface area contributed by atoms with Crippen LogP contribution in [0.4, 0.5) is 5.69 Å². The molecule has 4 heteroatoms. The van der Waals surface area contributed by atoms with Gasteiger partial charge in [-0.15, -0.1) is 0 Å². The van der Waals surface area contributed by atoms with Crippen LogP contribution in [0.15, 0.2) is 67.3 Å². The summed E-state index contributed by atoms with van der Waals surface area (Å²) in [5.74, 6) is 0.866. The van der Waals surface area contributed by atoms with Crippen molar-refractivity contribution < 1.29 is 9.53 Å². The minimum Gasteiger partial charge on any atom is -0.490 e. The van der Waals surface area contributed by atoms with Crippen LogP contribution in [-0.4, -0.2) is 24.7 Å². The van der Waals surface area contributed by atoms with Gasteiger partial charge in [0.2, 0.25) is 5.91 Å². The molecule has 0 bridgehead atoms. The normalized spacial score (nSPS) is 22.4. The molecule has 2 aliphatic rings. The lowest BCUT2D eigenvalue weighted by atomic mass is 9.75. The molecule has 138 valence electrons. The second kappa shape index (κ2) is 6.31. The van der Waals surface area contributed by atoms with E-state index < -0.39 is 5.66 Å². The topological polar surface area (TPSA) is 41.6 Å². The Kier molecular flexibility index (Phi) is 4.06. The third-order valence-electron chi connectivity index (χ3n) is 5.64. The number of ether oxygens (including phenoxy) is 1. The first kappa shape index (κ1) is 17.4. The number of nitrogens with zero attached hydrogens (tertiary/aromatic N) is 1. The van der Waals surface area contributed by atoms with Crippen LogP contribution < -0.4 is 15.0 Å². The number of fused-ring (bicyclic) bond motifs is 3. The molecule has 4 nitrogen and oxygen atoms in total. The molecule has 2 aromatic rings. The Labute approximate surface area is 160 Å². The molecule has 1 saturated heterocycles. The van der Waals surface area contributed by atoms with Crippen LogP contribution >= 0.6 is 0 Å². The van der Waals surface area contributed by atoms with Crippen LogP contribution in [0.1, 0.15) is 25.0 Å². The predicted octanol–water partition coefficient (Wildman–Crippen LogP) is 3.89. The number of amides is 1. The maximum Gasteiger partial charge on any atom is 0.241 e. The summed E-state index contributed by atoms with van der Waals surface area (Å²) >= 11 is 0. The zero-order valence-corrected chi connectivity index (χ0v) is 15.7. The second-order valence-corrected chi connectivity index (χ2v) is 7.54. The molecule has 1 unspecified atom stereocenters. The number of carbonyl (C=O) groups is 1. The van der Waals surface area contributed by atoms with E-state index in [1.54, 1.807) is 6.08 Å². The fraction of sp³-hybridized carbons (Fsp3) is 0.261. The average Bonchev–Trinajstić information content (AvgIpc) is 3.10. The van der Waals surface area contributed by atoms with Crippen molar-refractivity contribution in [2.24, 2.45) is 0 Å². The highest BCUT2D eigenvalue weighted by molar-refractivity contribution is 5.91. The first-order chi connectivity index (χ1) is 13.0. The lowest BCUT2D eigenvalue weighted by molar-refractivity contribution is -0.118. The third kappa shape index (κ3) is 2.64. The molecular weight excluding hydrogens is 336 g/mol. The molecule has 2 aliphatic heterocycles. The molecule has 1 fully saturated rings. The maximum absolute atomic E-state index is 12.3. The van der Waals surface area contributed by atoms with Gasteiger partial charge in [0.1, 0.15) is 18.0 Å². The summed E-state index contributed by atoms with van der Waals surface area (Å²) < 4.78 is 5.54. The van der Waals surface area contributed by atoms with Crippen LogP contribution in [-0.2, 0) is 10.2 Å². The molecule has 2 heterocycles. The largest absolute Gasteiger partial charge is 0.490 e. The van der Waals surface area contributed by atoms with Gasteiger partial charge in [0.25, 0.3) is 0 Å². The van der Waals surface area contributed by atoms with E-state index in [9.17, 15) is 4.79 Å². The predicted molar refractivity (Wildman–Crippen MR) is 109 cm³/mol. The first-order valence-electron chi connectivity index (χ1n) is 9.19. The summed E-state index contributed by atoms with van der Waals surface area (Å²) in [7, 11) is 0. The van der Waals surface area contributed by atoms with E-state index in [4.69, 9.17) is 4.74 Å². The van der Waals surface area contributed by atoms with Gasteiger partial charge >= 0.3 is 0 Å². The number of hydrogen-bond acceptors (Lipinski definition) is 3.